The fourth-order valence-electron chi connectivity index (χ4n) is 3.00. The van der Waals surface area contributed by atoms with Crippen LogP contribution < -0.4 is 5.32 Å². The Morgan fingerprint density at radius 3 is 2.59 bits per heavy atom. The molecule has 4 heteroatoms. The second-order valence-corrected chi connectivity index (χ2v) is 6.01. The molecule has 22 heavy (non-hydrogen) atoms. The van der Waals surface area contributed by atoms with Gasteiger partial charge in [-0.05, 0) is 55.2 Å². The van der Waals surface area contributed by atoms with Crippen molar-refractivity contribution >= 4 is 5.91 Å². The van der Waals surface area contributed by atoms with Gasteiger partial charge in [-0.1, -0.05) is 19.8 Å². The van der Waals surface area contributed by atoms with E-state index in [0.717, 1.165) is 24.8 Å². The molecule has 1 aliphatic rings. The molecule has 1 aromatic carbocycles. The van der Waals surface area contributed by atoms with Crippen LogP contribution in [0.5, 0.6) is 0 Å². The van der Waals surface area contributed by atoms with Crippen molar-refractivity contribution in [2.24, 2.45) is 5.92 Å². The fraction of sp³-hybridized carbons (Fsp3) is 0.389. The van der Waals surface area contributed by atoms with E-state index in [4.69, 9.17) is 4.42 Å². The topological polar surface area (TPSA) is 42.2 Å². The van der Waals surface area contributed by atoms with Crippen LogP contribution in [0.4, 0.5) is 4.39 Å². The lowest BCUT2D eigenvalue weighted by Crippen LogP contribution is -2.40. The van der Waals surface area contributed by atoms with Gasteiger partial charge in [-0.15, -0.1) is 0 Å². The number of carbonyl (C=O) groups is 1. The number of benzene rings is 1. The first-order valence-electron chi connectivity index (χ1n) is 7.80. The maximum absolute atomic E-state index is 12.9. The number of rotatable bonds is 3. The maximum atomic E-state index is 12.9. The molecular formula is C18H20FNO2. The third-order valence-electron chi connectivity index (χ3n) is 4.39. The summed E-state index contributed by atoms with van der Waals surface area (Å²) in [6, 6.07) is 9.66. The van der Waals surface area contributed by atoms with E-state index in [1.807, 2.05) is 0 Å². The van der Waals surface area contributed by atoms with Gasteiger partial charge in [-0.3, -0.25) is 4.79 Å². The minimum Gasteiger partial charge on any atom is -0.451 e. The molecule has 1 aromatic heterocycles. The summed E-state index contributed by atoms with van der Waals surface area (Å²) in [5.41, 5.74) is 0.756. The van der Waals surface area contributed by atoms with Crippen molar-refractivity contribution in [3.05, 3.63) is 48.0 Å². The van der Waals surface area contributed by atoms with E-state index < -0.39 is 0 Å². The summed E-state index contributed by atoms with van der Waals surface area (Å²) in [6.45, 7) is 2.18. The van der Waals surface area contributed by atoms with Gasteiger partial charge >= 0.3 is 0 Å². The predicted molar refractivity (Wildman–Crippen MR) is 83.0 cm³/mol. The van der Waals surface area contributed by atoms with E-state index in [9.17, 15) is 9.18 Å². The molecule has 116 valence electrons. The molecular weight excluding hydrogens is 281 g/mol. The number of halogens is 1. The van der Waals surface area contributed by atoms with Crippen LogP contribution in [0.15, 0.2) is 40.8 Å². The Morgan fingerprint density at radius 1 is 1.14 bits per heavy atom. The number of hydrogen-bond acceptors (Lipinski definition) is 2. The van der Waals surface area contributed by atoms with Crippen LogP contribution in [-0.4, -0.2) is 11.9 Å². The average Bonchev–Trinajstić information content (AvgIpc) is 3.00. The van der Waals surface area contributed by atoms with Crippen LogP contribution in [-0.2, 0) is 0 Å². The lowest BCUT2D eigenvalue weighted by Gasteiger charge is -2.29. The number of nitrogens with one attached hydrogen (secondary N) is 1. The molecule has 3 rings (SSSR count). The molecule has 2 atom stereocenters. The van der Waals surface area contributed by atoms with Gasteiger partial charge in [-0.25, -0.2) is 4.39 Å². The zero-order valence-electron chi connectivity index (χ0n) is 12.6. The van der Waals surface area contributed by atoms with Gasteiger partial charge in [0.15, 0.2) is 5.76 Å². The van der Waals surface area contributed by atoms with Crippen LogP contribution in [0.1, 0.15) is 43.2 Å². The number of hydrogen-bond donors (Lipinski definition) is 1. The second kappa shape index (κ2) is 6.34. The maximum Gasteiger partial charge on any atom is 0.287 e. The van der Waals surface area contributed by atoms with Crippen LogP contribution >= 0.6 is 0 Å². The highest BCUT2D eigenvalue weighted by Crippen LogP contribution is 2.25. The molecule has 1 aliphatic carbocycles. The number of carbonyl (C=O) groups excluding carboxylic acids is 1. The Balaban J connectivity index is 1.70. The van der Waals surface area contributed by atoms with Crippen molar-refractivity contribution in [3.8, 4) is 11.3 Å². The highest BCUT2D eigenvalue weighted by molar-refractivity contribution is 5.92. The van der Waals surface area contributed by atoms with Gasteiger partial charge in [-0.2, -0.15) is 0 Å². The van der Waals surface area contributed by atoms with Crippen molar-refractivity contribution in [2.75, 3.05) is 0 Å². The minimum atomic E-state index is -0.292. The molecule has 1 fully saturated rings. The van der Waals surface area contributed by atoms with E-state index in [1.165, 1.54) is 18.6 Å². The summed E-state index contributed by atoms with van der Waals surface area (Å²) in [5.74, 6) is 0.912. The van der Waals surface area contributed by atoms with Gasteiger partial charge in [0.05, 0.1) is 0 Å². The van der Waals surface area contributed by atoms with E-state index >= 15 is 0 Å². The Morgan fingerprint density at radius 2 is 1.86 bits per heavy atom. The first kappa shape index (κ1) is 14.8. The molecule has 0 radical (unpaired) electrons. The minimum absolute atomic E-state index is 0.174. The van der Waals surface area contributed by atoms with Gasteiger partial charge in [0, 0.05) is 11.6 Å². The molecule has 1 heterocycles. The van der Waals surface area contributed by atoms with Crippen molar-refractivity contribution in [1.82, 2.24) is 5.32 Å². The molecule has 1 saturated carbocycles. The average molecular weight is 301 g/mol. The molecule has 0 saturated heterocycles. The SMILES string of the molecule is C[C@H]1CCCC[C@H]1NC(=O)c1ccc(-c2ccc(F)cc2)o1. The summed E-state index contributed by atoms with van der Waals surface area (Å²) in [5, 5.41) is 3.07. The zero-order chi connectivity index (χ0) is 15.5. The summed E-state index contributed by atoms with van der Waals surface area (Å²) in [7, 11) is 0. The lowest BCUT2D eigenvalue weighted by atomic mass is 9.86. The highest BCUT2D eigenvalue weighted by atomic mass is 19.1. The normalized spacial score (nSPS) is 21.5. The summed E-state index contributed by atoms with van der Waals surface area (Å²) in [4.78, 5) is 12.3. The Hall–Kier alpha value is -2.10. The van der Waals surface area contributed by atoms with Gasteiger partial charge in [0.1, 0.15) is 11.6 Å². The summed E-state index contributed by atoms with van der Waals surface area (Å²) < 4.78 is 18.6. The summed E-state index contributed by atoms with van der Waals surface area (Å²) in [6.07, 6.45) is 4.58. The highest BCUT2D eigenvalue weighted by Gasteiger charge is 2.24. The predicted octanol–water partition coefficient (Wildman–Crippen LogP) is 4.39. The Kier molecular flexibility index (Phi) is 4.27. The molecule has 0 spiro atoms. The monoisotopic (exact) mass is 301 g/mol. The molecule has 1 N–H and O–H groups in total. The fourth-order valence-corrected chi connectivity index (χ4v) is 3.00. The van der Waals surface area contributed by atoms with Crippen LogP contribution in [0.2, 0.25) is 0 Å². The largest absolute Gasteiger partial charge is 0.451 e. The quantitative estimate of drug-likeness (QED) is 0.913. The molecule has 2 aromatic rings. The van der Waals surface area contributed by atoms with Gasteiger partial charge in [0.25, 0.3) is 5.91 Å². The third kappa shape index (κ3) is 3.21. The van der Waals surface area contributed by atoms with Gasteiger partial charge in [0.2, 0.25) is 0 Å². The van der Waals surface area contributed by atoms with Crippen molar-refractivity contribution in [2.45, 2.75) is 38.6 Å². The van der Waals surface area contributed by atoms with Crippen LogP contribution in [0, 0.1) is 11.7 Å². The first-order valence-corrected chi connectivity index (χ1v) is 7.80. The first-order chi connectivity index (χ1) is 10.6. The third-order valence-corrected chi connectivity index (χ3v) is 4.39. The zero-order valence-corrected chi connectivity index (χ0v) is 12.6. The van der Waals surface area contributed by atoms with E-state index in [2.05, 4.69) is 12.2 Å². The Bertz CT molecular complexity index is 647. The molecule has 3 nitrogen and oxygen atoms in total. The van der Waals surface area contributed by atoms with Crippen LogP contribution in [0.3, 0.4) is 0 Å². The van der Waals surface area contributed by atoms with Gasteiger partial charge < -0.3 is 9.73 Å². The van der Waals surface area contributed by atoms with E-state index in [-0.39, 0.29) is 17.8 Å². The van der Waals surface area contributed by atoms with E-state index in [0.29, 0.717) is 17.4 Å². The molecule has 0 unspecified atom stereocenters. The van der Waals surface area contributed by atoms with Crippen molar-refractivity contribution < 1.29 is 13.6 Å². The molecule has 1 amide bonds. The standard InChI is InChI=1S/C18H20FNO2/c1-12-4-2-3-5-15(12)20-18(21)17-11-10-16(22-17)13-6-8-14(19)9-7-13/h6-12,15H,2-5H2,1H3,(H,20,21)/t12-,15+/m0/s1. The van der Waals surface area contributed by atoms with E-state index in [1.54, 1.807) is 24.3 Å². The Labute approximate surface area is 129 Å². The van der Waals surface area contributed by atoms with Crippen LogP contribution in [0.25, 0.3) is 11.3 Å². The van der Waals surface area contributed by atoms with Crippen molar-refractivity contribution in [3.63, 3.8) is 0 Å². The second-order valence-electron chi connectivity index (χ2n) is 6.01. The molecule has 0 aliphatic heterocycles. The number of amides is 1. The lowest BCUT2D eigenvalue weighted by molar-refractivity contribution is 0.0883. The number of furan rings is 1. The van der Waals surface area contributed by atoms with Crippen molar-refractivity contribution in [1.29, 1.82) is 0 Å². The molecule has 0 bridgehead atoms. The summed E-state index contributed by atoms with van der Waals surface area (Å²) >= 11 is 0. The smallest absolute Gasteiger partial charge is 0.287 e.